The van der Waals surface area contributed by atoms with Crippen LogP contribution in [0.3, 0.4) is 0 Å². The molecule has 2 aromatic carbocycles. The minimum Gasteiger partial charge on any atom is -0.263 e. The van der Waals surface area contributed by atoms with Crippen LogP contribution in [0.15, 0.2) is 52.3 Å². The summed E-state index contributed by atoms with van der Waals surface area (Å²) in [5.41, 5.74) is 2.26. The van der Waals surface area contributed by atoms with Gasteiger partial charge in [-0.05, 0) is 67.1 Å². The van der Waals surface area contributed by atoms with E-state index in [1.165, 1.54) is 22.5 Å². The number of hydrogen-bond donors (Lipinski definition) is 1. The highest BCUT2D eigenvalue weighted by Gasteiger charge is 2.36. The number of fused-ring (bicyclic) bond motifs is 1. The van der Waals surface area contributed by atoms with Crippen LogP contribution in [0.25, 0.3) is 0 Å². The Morgan fingerprint density at radius 3 is 2.19 bits per heavy atom. The summed E-state index contributed by atoms with van der Waals surface area (Å²) in [4.78, 5) is 0.218. The third kappa shape index (κ3) is 3.88. The number of nitrogens with zero attached hydrogens (tertiary/aromatic N) is 1. The molecule has 6 nitrogen and oxygen atoms in total. The predicted octanol–water partition coefficient (Wildman–Crippen LogP) is 2.67. The summed E-state index contributed by atoms with van der Waals surface area (Å²) >= 11 is 0. The molecule has 146 valence electrons. The van der Waals surface area contributed by atoms with Gasteiger partial charge >= 0.3 is 0 Å². The van der Waals surface area contributed by atoms with Crippen LogP contribution in [0.4, 0.5) is 5.69 Å². The molecular weight excluding hydrogens is 384 g/mol. The van der Waals surface area contributed by atoms with Crippen LogP contribution in [0, 0.1) is 5.92 Å². The summed E-state index contributed by atoms with van der Waals surface area (Å²) in [6, 6.07) is 11.0. The number of benzene rings is 2. The fourth-order valence-corrected chi connectivity index (χ4v) is 5.76. The highest BCUT2D eigenvalue weighted by molar-refractivity contribution is 7.93. The van der Waals surface area contributed by atoms with Crippen molar-refractivity contribution in [2.24, 2.45) is 11.1 Å². The molecule has 0 spiro atoms. The fraction of sp³-hybridized carbons (Fsp3) is 0.368. The van der Waals surface area contributed by atoms with Crippen molar-refractivity contribution < 1.29 is 16.8 Å². The smallest absolute Gasteiger partial charge is 0.263 e. The van der Waals surface area contributed by atoms with E-state index in [9.17, 15) is 16.8 Å². The molecule has 8 heteroatoms. The molecule has 1 aliphatic rings. The van der Waals surface area contributed by atoms with Gasteiger partial charge in [0, 0.05) is 6.04 Å². The summed E-state index contributed by atoms with van der Waals surface area (Å²) in [6.07, 6.45) is 1.32. The van der Waals surface area contributed by atoms with Crippen molar-refractivity contribution in [3.05, 3.63) is 53.6 Å². The molecule has 0 amide bonds. The molecule has 2 N–H and O–H groups in total. The third-order valence-corrected chi connectivity index (χ3v) is 7.51. The maximum Gasteiger partial charge on any atom is 0.264 e. The SMILES string of the molecule is CC(C)Cc1ccc(S(=O)(=O)N2c3ccc(S(N)(=O)=O)cc3CC2C)cc1. The molecule has 0 radical (unpaired) electrons. The van der Waals surface area contributed by atoms with E-state index in [0.29, 0.717) is 23.6 Å². The molecule has 1 heterocycles. The van der Waals surface area contributed by atoms with Crippen LogP contribution >= 0.6 is 0 Å². The molecule has 3 rings (SSSR count). The Balaban J connectivity index is 1.99. The number of primary sulfonamides is 1. The van der Waals surface area contributed by atoms with Crippen LogP contribution in [0.2, 0.25) is 0 Å². The second kappa shape index (κ2) is 6.92. The highest BCUT2D eigenvalue weighted by Crippen LogP contribution is 2.37. The number of anilines is 1. The third-order valence-electron chi connectivity index (χ3n) is 4.66. The van der Waals surface area contributed by atoms with Gasteiger partial charge in [0.25, 0.3) is 10.0 Å². The van der Waals surface area contributed by atoms with Gasteiger partial charge in [-0.2, -0.15) is 0 Å². The molecule has 0 aromatic heterocycles. The zero-order valence-corrected chi connectivity index (χ0v) is 17.2. The van der Waals surface area contributed by atoms with Gasteiger partial charge in [-0.15, -0.1) is 0 Å². The van der Waals surface area contributed by atoms with Crippen LogP contribution in [-0.2, 0) is 32.9 Å². The highest BCUT2D eigenvalue weighted by atomic mass is 32.2. The average Bonchev–Trinajstić information content (AvgIpc) is 2.89. The Hall–Kier alpha value is -1.90. The molecule has 27 heavy (non-hydrogen) atoms. The number of rotatable bonds is 5. The first-order chi connectivity index (χ1) is 12.5. The van der Waals surface area contributed by atoms with Crippen molar-refractivity contribution in [3.8, 4) is 0 Å². The first-order valence-electron chi connectivity index (χ1n) is 8.79. The number of sulfonamides is 2. The first kappa shape index (κ1) is 19.9. The molecule has 1 atom stereocenters. The second-order valence-corrected chi connectivity index (χ2v) is 10.8. The zero-order valence-electron chi connectivity index (χ0n) is 15.6. The van der Waals surface area contributed by atoms with Gasteiger partial charge in [0.2, 0.25) is 10.0 Å². The summed E-state index contributed by atoms with van der Waals surface area (Å²) in [5, 5.41) is 5.19. The Morgan fingerprint density at radius 2 is 1.63 bits per heavy atom. The van der Waals surface area contributed by atoms with Gasteiger partial charge in [-0.1, -0.05) is 26.0 Å². The van der Waals surface area contributed by atoms with E-state index < -0.39 is 20.0 Å². The van der Waals surface area contributed by atoms with Crippen molar-refractivity contribution in [1.82, 2.24) is 0 Å². The van der Waals surface area contributed by atoms with E-state index in [1.807, 2.05) is 12.1 Å². The lowest BCUT2D eigenvalue weighted by Gasteiger charge is -2.24. The van der Waals surface area contributed by atoms with Gasteiger partial charge in [0.05, 0.1) is 15.5 Å². The standard InChI is InChI=1S/C19H24N2O4S2/c1-13(2)10-15-4-6-17(7-5-15)27(24,25)21-14(3)11-16-12-18(26(20,22)23)8-9-19(16)21/h4-9,12-14H,10-11H2,1-3H3,(H2,20,22,23). The van der Waals surface area contributed by atoms with Gasteiger partial charge in [-0.25, -0.2) is 22.0 Å². The summed E-state index contributed by atoms with van der Waals surface area (Å²) < 4.78 is 50.9. The van der Waals surface area contributed by atoms with Crippen LogP contribution in [0.1, 0.15) is 31.9 Å². The fourth-order valence-electron chi connectivity index (χ4n) is 3.50. The van der Waals surface area contributed by atoms with Crippen LogP contribution < -0.4 is 9.44 Å². The Bertz CT molecular complexity index is 1060. The van der Waals surface area contributed by atoms with Gasteiger partial charge in [0.1, 0.15) is 0 Å². The van der Waals surface area contributed by atoms with Crippen molar-refractivity contribution in [2.45, 2.75) is 49.4 Å². The normalized spacial score (nSPS) is 17.4. The first-order valence-corrected chi connectivity index (χ1v) is 11.8. The molecule has 0 aliphatic carbocycles. The van der Waals surface area contributed by atoms with E-state index in [-0.39, 0.29) is 15.8 Å². The minimum absolute atomic E-state index is 0.00858. The molecule has 1 unspecified atom stereocenters. The molecule has 0 saturated carbocycles. The molecular formula is C19H24N2O4S2. The topological polar surface area (TPSA) is 97.5 Å². The van der Waals surface area contributed by atoms with Crippen molar-refractivity contribution in [3.63, 3.8) is 0 Å². The summed E-state index contributed by atoms with van der Waals surface area (Å²) in [5.74, 6) is 0.492. The second-order valence-electron chi connectivity index (χ2n) is 7.43. The van der Waals surface area contributed by atoms with Crippen LogP contribution in [0.5, 0.6) is 0 Å². The lowest BCUT2D eigenvalue weighted by Crippen LogP contribution is -2.35. The maximum absolute atomic E-state index is 13.2. The molecule has 0 bridgehead atoms. The van der Waals surface area contributed by atoms with E-state index >= 15 is 0 Å². The quantitative estimate of drug-likeness (QED) is 0.822. The lowest BCUT2D eigenvalue weighted by molar-refractivity contribution is 0.584. The monoisotopic (exact) mass is 408 g/mol. The predicted molar refractivity (Wildman–Crippen MR) is 106 cm³/mol. The summed E-state index contributed by atoms with van der Waals surface area (Å²) in [7, 11) is -7.57. The number of nitrogens with two attached hydrogens (primary N) is 1. The largest absolute Gasteiger partial charge is 0.264 e. The van der Waals surface area contributed by atoms with E-state index in [2.05, 4.69) is 13.8 Å². The van der Waals surface area contributed by atoms with Gasteiger partial charge in [-0.3, -0.25) is 4.31 Å². The average molecular weight is 409 g/mol. The van der Waals surface area contributed by atoms with E-state index in [4.69, 9.17) is 5.14 Å². The van der Waals surface area contributed by atoms with Crippen molar-refractivity contribution in [1.29, 1.82) is 0 Å². The Kier molecular flexibility index (Phi) is 5.09. The van der Waals surface area contributed by atoms with Crippen molar-refractivity contribution >= 4 is 25.7 Å². The van der Waals surface area contributed by atoms with Gasteiger partial charge in [0.15, 0.2) is 0 Å². The molecule has 0 saturated heterocycles. The number of hydrogen-bond acceptors (Lipinski definition) is 4. The molecule has 1 aliphatic heterocycles. The Morgan fingerprint density at radius 1 is 1.04 bits per heavy atom. The molecule has 2 aromatic rings. The maximum atomic E-state index is 13.2. The van der Waals surface area contributed by atoms with E-state index in [0.717, 1.165) is 12.0 Å². The lowest BCUT2D eigenvalue weighted by atomic mass is 10.0. The minimum atomic E-state index is -3.83. The van der Waals surface area contributed by atoms with Crippen molar-refractivity contribution in [2.75, 3.05) is 4.31 Å². The van der Waals surface area contributed by atoms with E-state index in [1.54, 1.807) is 19.1 Å². The van der Waals surface area contributed by atoms with Gasteiger partial charge < -0.3 is 0 Å². The Labute approximate surface area is 161 Å². The molecule has 0 fully saturated rings. The van der Waals surface area contributed by atoms with Crippen LogP contribution in [-0.4, -0.2) is 22.9 Å². The summed E-state index contributed by atoms with van der Waals surface area (Å²) in [6.45, 7) is 6.04. The zero-order chi connectivity index (χ0) is 20.0.